The lowest BCUT2D eigenvalue weighted by molar-refractivity contribution is -0.152. The molecule has 0 spiro atoms. The van der Waals surface area contributed by atoms with Crippen molar-refractivity contribution in [2.24, 2.45) is 0 Å². The largest absolute Gasteiger partial charge is 0.460 e. The maximum atomic E-state index is 12.0. The molecule has 1 amide bonds. The summed E-state index contributed by atoms with van der Waals surface area (Å²) in [4.78, 5) is 25.0. The SMILES string of the molecule is CC(=O)O[C@@H]1CCN2C(=O)C=C[C@@H](OCc3ccccc3)[C@H]12. The molecule has 0 aliphatic carbocycles. The van der Waals surface area contributed by atoms with Crippen LogP contribution >= 0.6 is 0 Å². The fourth-order valence-electron chi connectivity index (χ4n) is 3.08. The van der Waals surface area contributed by atoms with Gasteiger partial charge in [-0.15, -0.1) is 0 Å². The van der Waals surface area contributed by atoms with E-state index >= 15 is 0 Å². The van der Waals surface area contributed by atoms with Crippen LogP contribution in [0.5, 0.6) is 0 Å². The summed E-state index contributed by atoms with van der Waals surface area (Å²) < 4.78 is 11.3. The fourth-order valence-corrected chi connectivity index (χ4v) is 3.08. The number of hydrogen-bond acceptors (Lipinski definition) is 4. The molecule has 2 aliphatic rings. The highest BCUT2D eigenvalue weighted by atomic mass is 16.5. The lowest BCUT2D eigenvalue weighted by Gasteiger charge is -2.35. The summed E-state index contributed by atoms with van der Waals surface area (Å²) in [5.41, 5.74) is 1.07. The molecule has 0 N–H and O–H groups in total. The van der Waals surface area contributed by atoms with Crippen molar-refractivity contribution < 1.29 is 19.1 Å². The van der Waals surface area contributed by atoms with Crippen LogP contribution in [0, 0.1) is 0 Å². The molecule has 1 aromatic rings. The van der Waals surface area contributed by atoms with E-state index in [9.17, 15) is 9.59 Å². The molecule has 5 heteroatoms. The number of nitrogens with zero attached hydrogens (tertiary/aromatic N) is 1. The van der Waals surface area contributed by atoms with Gasteiger partial charge in [0.25, 0.3) is 0 Å². The molecule has 5 nitrogen and oxygen atoms in total. The van der Waals surface area contributed by atoms with E-state index in [2.05, 4.69) is 0 Å². The zero-order valence-electron chi connectivity index (χ0n) is 12.5. The Balaban J connectivity index is 1.72. The van der Waals surface area contributed by atoms with Crippen molar-refractivity contribution >= 4 is 11.9 Å². The van der Waals surface area contributed by atoms with Crippen LogP contribution in [0.1, 0.15) is 18.9 Å². The minimum Gasteiger partial charge on any atom is -0.460 e. The van der Waals surface area contributed by atoms with E-state index < -0.39 is 0 Å². The van der Waals surface area contributed by atoms with Crippen molar-refractivity contribution in [3.8, 4) is 0 Å². The van der Waals surface area contributed by atoms with E-state index in [4.69, 9.17) is 9.47 Å². The molecule has 1 aromatic carbocycles. The normalized spacial score (nSPS) is 26.9. The summed E-state index contributed by atoms with van der Waals surface area (Å²) >= 11 is 0. The third-order valence-electron chi connectivity index (χ3n) is 4.05. The summed E-state index contributed by atoms with van der Waals surface area (Å²) in [6, 6.07) is 9.63. The van der Waals surface area contributed by atoms with Gasteiger partial charge in [-0.1, -0.05) is 30.3 Å². The number of fused-ring (bicyclic) bond motifs is 1. The Morgan fingerprint density at radius 1 is 1.32 bits per heavy atom. The predicted octanol–water partition coefficient (Wildman–Crippen LogP) is 1.67. The Hall–Kier alpha value is -2.14. The highest BCUT2D eigenvalue weighted by molar-refractivity contribution is 5.89. The van der Waals surface area contributed by atoms with Crippen molar-refractivity contribution in [1.29, 1.82) is 0 Å². The van der Waals surface area contributed by atoms with Gasteiger partial charge in [0, 0.05) is 26.0 Å². The van der Waals surface area contributed by atoms with E-state index in [-0.39, 0.29) is 30.1 Å². The molecule has 0 saturated carbocycles. The van der Waals surface area contributed by atoms with E-state index in [1.165, 1.54) is 6.92 Å². The van der Waals surface area contributed by atoms with Gasteiger partial charge in [-0.3, -0.25) is 9.59 Å². The van der Waals surface area contributed by atoms with Crippen LogP contribution < -0.4 is 0 Å². The Bertz CT molecular complexity index is 584. The van der Waals surface area contributed by atoms with Crippen molar-refractivity contribution in [3.05, 3.63) is 48.0 Å². The zero-order chi connectivity index (χ0) is 15.5. The molecule has 116 valence electrons. The minimum atomic E-state index is -0.323. The Labute approximate surface area is 129 Å². The molecule has 0 aromatic heterocycles. The first-order valence-electron chi connectivity index (χ1n) is 7.46. The predicted molar refractivity (Wildman–Crippen MR) is 79.8 cm³/mol. The molecule has 2 heterocycles. The first-order chi connectivity index (χ1) is 10.6. The zero-order valence-corrected chi connectivity index (χ0v) is 12.5. The second-order valence-corrected chi connectivity index (χ2v) is 5.58. The molecule has 0 radical (unpaired) electrons. The topological polar surface area (TPSA) is 55.8 Å². The standard InChI is InChI=1S/C17H19NO4/c1-12(19)22-15-9-10-18-16(20)8-7-14(17(15)18)21-11-13-5-3-2-4-6-13/h2-8,14-15,17H,9-11H2,1H3/t14-,15-,17-/m1/s1. The third kappa shape index (κ3) is 3.04. The van der Waals surface area contributed by atoms with Crippen molar-refractivity contribution in [2.45, 2.75) is 38.2 Å². The van der Waals surface area contributed by atoms with Crippen molar-refractivity contribution in [2.75, 3.05) is 6.54 Å². The lowest BCUT2D eigenvalue weighted by atomic mass is 10.0. The van der Waals surface area contributed by atoms with Gasteiger partial charge >= 0.3 is 5.97 Å². The van der Waals surface area contributed by atoms with Crippen LogP contribution in [0.3, 0.4) is 0 Å². The van der Waals surface area contributed by atoms with Gasteiger partial charge in [0.15, 0.2) is 0 Å². The van der Waals surface area contributed by atoms with Crippen LogP contribution in [-0.2, 0) is 25.7 Å². The minimum absolute atomic E-state index is 0.0424. The van der Waals surface area contributed by atoms with Gasteiger partial charge in [-0.25, -0.2) is 0 Å². The Kier molecular flexibility index (Phi) is 4.24. The maximum Gasteiger partial charge on any atom is 0.302 e. The Morgan fingerprint density at radius 3 is 2.82 bits per heavy atom. The van der Waals surface area contributed by atoms with Gasteiger partial charge in [0.2, 0.25) is 5.91 Å². The third-order valence-corrected chi connectivity index (χ3v) is 4.05. The second kappa shape index (κ2) is 6.32. The molecule has 3 rings (SSSR count). The Morgan fingerprint density at radius 2 is 2.09 bits per heavy atom. The van der Waals surface area contributed by atoms with E-state index in [0.717, 1.165) is 5.56 Å². The molecule has 22 heavy (non-hydrogen) atoms. The lowest BCUT2D eigenvalue weighted by Crippen LogP contribution is -2.50. The summed E-state index contributed by atoms with van der Waals surface area (Å²) in [7, 11) is 0. The number of hydrogen-bond donors (Lipinski definition) is 0. The van der Waals surface area contributed by atoms with Gasteiger partial charge in [0.1, 0.15) is 12.2 Å². The van der Waals surface area contributed by atoms with Gasteiger partial charge in [-0.2, -0.15) is 0 Å². The van der Waals surface area contributed by atoms with Crippen LogP contribution in [0.15, 0.2) is 42.5 Å². The summed E-state index contributed by atoms with van der Waals surface area (Å²) in [5, 5.41) is 0. The molecule has 0 unspecified atom stereocenters. The smallest absolute Gasteiger partial charge is 0.302 e. The number of esters is 1. The van der Waals surface area contributed by atoms with Crippen LogP contribution in [0.4, 0.5) is 0 Å². The molecular formula is C17H19NO4. The second-order valence-electron chi connectivity index (χ2n) is 5.58. The molecule has 0 bridgehead atoms. The van der Waals surface area contributed by atoms with E-state index in [1.54, 1.807) is 17.1 Å². The van der Waals surface area contributed by atoms with E-state index in [1.807, 2.05) is 30.3 Å². The molecule has 2 aliphatic heterocycles. The fraction of sp³-hybridized carbons (Fsp3) is 0.412. The summed E-state index contributed by atoms with van der Waals surface area (Å²) in [6.45, 7) is 2.45. The number of rotatable bonds is 4. The van der Waals surface area contributed by atoms with Gasteiger partial charge in [0.05, 0.1) is 12.6 Å². The van der Waals surface area contributed by atoms with E-state index in [0.29, 0.717) is 19.6 Å². The summed E-state index contributed by atoms with van der Waals surface area (Å²) in [5.74, 6) is -0.366. The van der Waals surface area contributed by atoms with Gasteiger partial charge < -0.3 is 14.4 Å². The number of amides is 1. The quantitative estimate of drug-likeness (QED) is 0.794. The molecule has 3 atom stereocenters. The van der Waals surface area contributed by atoms with Crippen LogP contribution in [0.2, 0.25) is 0 Å². The number of carbonyl (C=O) groups is 2. The monoisotopic (exact) mass is 301 g/mol. The highest BCUT2D eigenvalue weighted by Crippen LogP contribution is 2.29. The molecule has 1 saturated heterocycles. The average molecular weight is 301 g/mol. The van der Waals surface area contributed by atoms with Crippen molar-refractivity contribution in [1.82, 2.24) is 4.90 Å². The first kappa shape index (κ1) is 14.8. The number of benzene rings is 1. The molecular weight excluding hydrogens is 282 g/mol. The maximum absolute atomic E-state index is 12.0. The van der Waals surface area contributed by atoms with Crippen LogP contribution in [0.25, 0.3) is 0 Å². The highest BCUT2D eigenvalue weighted by Gasteiger charge is 2.45. The van der Waals surface area contributed by atoms with Crippen molar-refractivity contribution in [3.63, 3.8) is 0 Å². The van der Waals surface area contributed by atoms with Crippen LogP contribution in [-0.4, -0.2) is 41.6 Å². The first-order valence-corrected chi connectivity index (χ1v) is 7.46. The number of ether oxygens (including phenoxy) is 2. The summed E-state index contributed by atoms with van der Waals surface area (Å²) in [6.07, 6.45) is 3.41. The average Bonchev–Trinajstić information content (AvgIpc) is 2.92. The van der Waals surface area contributed by atoms with Gasteiger partial charge in [-0.05, 0) is 11.6 Å². The number of carbonyl (C=O) groups excluding carboxylic acids is 2. The molecule has 1 fully saturated rings.